The minimum absolute atomic E-state index is 0.00429. The summed E-state index contributed by atoms with van der Waals surface area (Å²) < 4.78 is 24.6. The number of carbonyl (C=O) groups excluding carboxylic acids is 1. The summed E-state index contributed by atoms with van der Waals surface area (Å²) in [6.45, 7) is 1.64. The summed E-state index contributed by atoms with van der Waals surface area (Å²) in [6.07, 6.45) is 6.34. The molecule has 8 nitrogen and oxygen atoms in total. The molecule has 0 unspecified atom stereocenters. The summed E-state index contributed by atoms with van der Waals surface area (Å²) >= 11 is 3.22. The number of sulfonamides is 1. The van der Waals surface area contributed by atoms with E-state index < -0.39 is 10.0 Å². The molecule has 2 aromatic rings. The third-order valence-electron chi connectivity index (χ3n) is 5.97. The van der Waals surface area contributed by atoms with Crippen LogP contribution in [0, 0.1) is 5.92 Å². The van der Waals surface area contributed by atoms with Gasteiger partial charge in [0.05, 0.1) is 17.4 Å². The Morgan fingerprint density at radius 3 is 2.84 bits per heavy atom. The van der Waals surface area contributed by atoms with E-state index >= 15 is 0 Å². The molecule has 170 valence electrons. The van der Waals surface area contributed by atoms with Crippen molar-refractivity contribution in [3.8, 4) is 0 Å². The van der Waals surface area contributed by atoms with Gasteiger partial charge in [0.15, 0.2) is 0 Å². The van der Waals surface area contributed by atoms with E-state index in [9.17, 15) is 18.0 Å². The lowest BCUT2D eigenvalue weighted by atomic mass is 9.98. The predicted octanol–water partition coefficient (Wildman–Crippen LogP) is 1.88. The van der Waals surface area contributed by atoms with Crippen LogP contribution in [0.2, 0.25) is 0 Å². The van der Waals surface area contributed by atoms with Crippen LogP contribution >= 0.6 is 23.1 Å². The number of fused-ring (bicyclic) bond motifs is 3. The van der Waals surface area contributed by atoms with Crippen LogP contribution in [-0.2, 0) is 33.4 Å². The second-order valence-electron chi connectivity index (χ2n) is 8.26. The molecule has 3 heterocycles. The van der Waals surface area contributed by atoms with Gasteiger partial charge in [-0.3, -0.25) is 9.59 Å². The van der Waals surface area contributed by atoms with Gasteiger partial charge in [-0.1, -0.05) is 0 Å². The molecule has 1 amide bonds. The van der Waals surface area contributed by atoms with E-state index in [0.717, 1.165) is 42.3 Å². The number of hydrogen-bond acceptors (Lipinski definition) is 7. The summed E-state index contributed by atoms with van der Waals surface area (Å²) in [5.41, 5.74) is 1.14. The van der Waals surface area contributed by atoms with Gasteiger partial charge in [-0.25, -0.2) is 17.7 Å². The van der Waals surface area contributed by atoms with Crippen LogP contribution in [0.3, 0.4) is 0 Å². The van der Waals surface area contributed by atoms with Crippen molar-refractivity contribution >= 4 is 49.2 Å². The van der Waals surface area contributed by atoms with Crippen molar-refractivity contribution in [1.29, 1.82) is 0 Å². The smallest absolute Gasteiger partial charge is 0.259 e. The van der Waals surface area contributed by atoms with Crippen molar-refractivity contribution in [3.05, 3.63) is 26.6 Å². The zero-order chi connectivity index (χ0) is 22.0. The van der Waals surface area contributed by atoms with Crippen molar-refractivity contribution in [2.24, 2.45) is 5.92 Å². The summed E-state index contributed by atoms with van der Waals surface area (Å²) in [5.74, 6) is 2.22. The molecule has 1 aliphatic heterocycles. The summed E-state index contributed by atoms with van der Waals surface area (Å²) in [5, 5.41) is 3.74. The highest BCUT2D eigenvalue weighted by Gasteiger charge is 2.25. The molecule has 0 bridgehead atoms. The van der Waals surface area contributed by atoms with Crippen LogP contribution in [0.4, 0.5) is 0 Å². The zero-order valence-electron chi connectivity index (χ0n) is 17.6. The molecular weight excluding hydrogens is 456 g/mol. The number of carbonyl (C=O) groups is 1. The first-order valence-corrected chi connectivity index (χ1v) is 14.5. The van der Waals surface area contributed by atoms with Crippen LogP contribution in [0.15, 0.2) is 4.79 Å². The van der Waals surface area contributed by atoms with Crippen LogP contribution in [0.5, 0.6) is 0 Å². The number of nitrogens with one attached hydrogen (secondary N) is 2. The van der Waals surface area contributed by atoms with Gasteiger partial charge >= 0.3 is 0 Å². The highest BCUT2D eigenvalue weighted by atomic mass is 32.2. The summed E-state index contributed by atoms with van der Waals surface area (Å²) in [6, 6.07) is 0. The first kappa shape index (κ1) is 22.8. The van der Waals surface area contributed by atoms with Crippen LogP contribution in [0.25, 0.3) is 10.2 Å². The van der Waals surface area contributed by atoms with Crippen LogP contribution in [-0.4, -0.2) is 60.2 Å². The Morgan fingerprint density at radius 1 is 1.32 bits per heavy atom. The van der Waals surface area contributed by atoms with Gasteiger partial charge in [0.25, 0.3) is 5.56 Å². The molecule has 0 atom stereocenters. The Balaban J connectivity index is 1.17. The molecular formula is C20H28N4O4S3. The van der Waals surface area contributed by atoms with Gasteiger partial charge in [0.2, 0.25) is 15.9 Å². The Bertz CT molecular complexity index is 1120. The Labute approximate surface area is 190 Å². The third-order valence-corrected chi connectivity index (χ3v) is 9.43. The quantitative estimate of drug-likeness (QED) is 0.554. The SMILES string of the molecule is CS(=O)(=O)N1CCC(CNC(=O)CCSCc2nc3sc4c(c3c(=O)[nH]2)CCC4)CC1. The van der Waals surface area contributed by atoms with Crippen molar-refractivity contribution in [1.82, 2.24) is 19.6 Å². The highest BCUT2D eigenvalue weighted by molar-refractivity contribution is 7.98. The number of aromatic amines is 1. The number of aryl methyl sites for hydroxylation is 2. The number of aromatic nitrogens is 2. The lowest BCUT2D eigenvalue weighted by molar-refractivity contribution is -0.120. The van der Waals surface area contributed by atoms with Gasteiger partial charge < -0.3 is 10.3 Å². The lowest BCUT2D eigenvalue weighted by Gasteiger charge is -2.30. The topological polar surface area (TPSA) is 112 Å². The Kier molecular flexibility index (Phi) is 7.04. The van der Waals surface area contributed by atoms with Crippen molar-refractivity contribution < 1.29 is 13.2 Å². The maximum atomic E-state index is 12.5. The minimum atomic E-state index is -3.12. The van der Waals surface area contributed by atoms with Gasteiger partial charge in [-0.05, 0) is 43.6 Å². The summed E-state index contributed by atoms with van der Waals surface area (Å²) in [7, 11) is -3.12. The number of hydrogen-bond donors (Lipinski definition) is 2. The fourth-order valence-corrected chi connectivity index (χ4v) is 7.20. The monoisotopic (exact) mass is 484 g/mol. The normalized spacial score (nSPS) is 17.8. The average Bonchev–Trinajstić information content (AvgIpc) is 3.30. The molecule has 4 rings (SSSR count). The van der Waals surface area contributed by atoms with Crippen molar-refractivity contribution in [3.63, 3.8) is 0 Å². The molecule has 1 fully saturated rings. The molecule has 1 aliphatic carbocycles. The molecule has 31 heavy (non-hydrogen) atoms. The third kappa shape index (κ3) is 5.50. The maximum absolute atomic E-state index is 12.5. The fraction of sp³-hybridized carbons (Fsp3) is 0.650. The number of thioether (sulfide) groups is 1. The first-order chi connectivity index (χ1) is 14.8. The first-order valence-electron chi connectivity index (χ1n) is 10.6. The van der Waals surface area contributed by atoms with Gasteiger partial charge in [-0.15, -0.1) is 11.3 Å². The van der Waals surface area contributed by atoms with E-state index in [1.807, 2.05) is 0 Å². The second kappa shape index (κ2) is 9.60. The van der Waals surface area contributed by atoms with E-state index in [1.165, 1.54) is 21.0 Å². The molecule has 2 aromatic heterocycles. The molecule has 0 radical (unpaired) electrons. The summed E-state index contributed by atoms with van der Waals surface area (Å²) in [4.78, 5) is 34.3. The molecule has 2 aliphatic rings. The molecule has 0 aromatic carbocycles. The van der Waals surface area contributed by atoms with E-state index in [2.05, 4.69) is 15.3 Å². The van der Waals surface area contributed by atoms with Crippen molar-refractivity contribution in [2.45, 2.75) is 44.3 Å². The Morgan fingerprint density at radius 2 is 2.10 bits per heavy atom. The lowest BCUT2D eigenvalue weighted by Crippen LogP contribution is -2.41. The van der Waals surface area contributed by atoms with Gasteiger partial charge in [-0.2, -0.15) is 11.8 Å². The fourth-order valence-electron chi connectivity index (χ4n) is 4.24. The number of H-pyrrole nitrogens is 1. The predicted molar refractivity (Wildman–Crippen MR) is 125 cm³/mol. The van der Waals surface area contributed by atoms with Gasteiger partial charge in [0.1, 0.15) is 10.7 Å². The average molecular weight is 485 g/mol. The second-order valence-corrected chi connectivity index (χ2v) is 12.4. The zero-order valence-corrected chi connectivity index (χ0v) is 20.1. The largest absolute Gasteiger partial charge is 0.356 e. The molecule has 0 saturated carbocycles. The highest BCUT2D eigenvalue weighted by Crippen LogP contribution is 2.34. The van der Waals surface area contributed by atoms with Crippen LogP contribution in [0.1, 0.15) is 41.9 Å². The van der Waals surface area contributed by atoms with E-state index in [1.54, 1.807) is 23.1 Å². The number of rotatable bonds is 8. The number of nitrogens with zero attached hydrogens (tertiary/aromatic N) is 2. The number of piperidine rings is 1. The minimum Gasteiger partial charge on any atom is -0.356 e. The van der Waals surface area contributed by atoms with Crippen molar-refractivity contribution in [2.75, 3.05) is 31.6 Å². The maximum Gasteiger partial charge on any atom is 0.259 e. The number of thiophene rings is 1. The molecule has 1 saturated heterocycles. The molecule has 11 heteroatoms. The number of amides is 1. The van der Waals surface area contributed by atoms with Crippen LogP contribution < -0.4 is 10.9 Å². The standard InChI is InChI=1S/C20H28N4O4S3/c1-31(27,28)24-8-5-13(6-9-24)11-21-17(25)7-10-29-12-16-22-19(26)18-14-3-2-4-15(14)30-20(18)23-16/h13H,2-12H2,1H3,(H,21,25)(H,22,23,26). The molecule has 0 spiro atoms. The van der Waals surface area contributed by atoms with Gasteiger partial charge in [0, 0.05) is 36.7 Å². The van der Waals surface area contributed by atoms with E-state index in [4.69, 9.17) is 0 Å². The van der Waals surface area contributed by atoms with E-state index in [0.29, 0.717) is 49.3 Å². The van der Waals surface area contributed by atoms with E-state index in [-0.39, 0.29) is 11.5 Å². The Hall–Kier alpha value is -1.43. The molecule has 2 N–H and O–H groups in total.